The summed E-state index contributed by atoms with van der Waals surface area (Å²) in [4.78, 5) is 13.2. The number of hydrogen-bond acceptors (Lipinski definition) is 3. The summed E-state index contributed by atoms with van der Waals surface area (Å²) in [5.74, 6) is -0.195. The molecule has 2 aromatic rings. The molecule has 0 aliphatic carbocycles. The van der Waals surface area contributed by atoms with Crippen molar-refractivity contribution in [2.45, 2.75) is 26.3 Å². The molecule has 3 N–H and O–H groups in total. The highest BCUT2D eigenvalue weighted by molar-refractivity contribution is 7.80. The molecule has 0 saturated carbocycles. The van der Waals surface area contributed by atoms with Crippen LogP contribution in [0.25, 0.3) is 0 Å². The van der Waals surface area contributed by atoms with Gasteiger partial charge in [0.15, 0.2) is 5.11 Å². The lowest BCUT2D eigenvalue weighted by atomic mass is 10.2. The highest BCUT2D eigenvalue weighted by Crippen LogP contribution is 2.16. The second-order valence-electron chi connectivity index (χ2n) is 4.94. The lowest BCUT2D eigenvalue weighted by Gasteiger charge is -2.11. The number of hydrogen-bond donors (Lipinski definition) is 3. The number of halogens is 1. The Labute approximate surface area is 150 Å². The number of carbonyl (C=O) groups excluding carboxylic acids is 1. The van der Waals surface area contributed by atoms with Crippen LogP contribution in [0.1, 0.15) is 34.1 Å². The van der Waals surface area contributed by atoms with Gasteiger partial charge in [0.05, 0.1) is 5.56 Å². The molecule has 2 rings (SSSR count). The molecular formula is C16H18ClN3OS2. The third kappa shape index (κ3) is 5.82. The molecule has 0 fully saturated rings. The van der Waals surface area contributed by atoms with Crippen LogP contribution in [0.2, 0.25) is 5.02 Å². The van der Waals surface area contributed by atoms with E-state index in [1.807, 2.05) is 35.7 Å². The Kier molecular flexibility index (Phi) is 6.83. The first-order valence-corrected chi connectivity index (χ1v) is 8.91. The van der Waals surface area contributed by atoms with E-state index in [0.29, 0.717) is 22.2 Å². The lowest BCUT2D eigenvalue weighted by molar-refractivity contribution is 0.0944. The van der Waals surface area contributed by atoms with E-state index in [-0.39, 0.29) is 5.91 Å². The lowest BCUT2D eigenvalue weighted by Crippen LogP contribution is -2.46. The zero-order valence-electron chi connectivity index (χ0n) is 12.7. The highest BCUT2D eigenvalue weighted by Gasteiger charge is 2.08. The summed E-state index contributed by atoms with van der Waals surface area (Å²) in [6.07, 6.45) is 2.06. The van der Waals surface area contributed by atoms with Gasteiger partial charge in [0, 0.05) is 21.8 Å². The minimum absolute atomic E-state index is 0.195. The molecule has 0 bridgehead atoms. The number of thiophene rings is 1. The van der Waals surface area contributed by atoms with Crippen LogP contribution in [0.3, 0.4) is 0 Å². The molecule has 7 heteroatoms. The minimum atomic E-state index is -0.195. The molecule has 1 heterocycles. The zero-order valence-corrected chi connectivity index (χ0v) is 15.1. The van der Waals surface area contributed by atoms with Crippen LogP contribution in [0.5, 0.6) is 0 Å². The van der Waals surface area contributed by atoms with Crippen molar-refractivity contribution in [2.75, 3.05) is 0 Å². The Bertz CT molecular complexity index is 670. The molecule has 4 nitrogen and oxygen atoms in total. The minimum Gasteiger partial charge on any atom is -0.357 e. The first-order valence-electron chi connectivity index (χ1n) is 7.24. The molecule has 122 valence electrons. The van der Waals surface area contributed by atoms with Crippen molar-refractivity contribution in [1.29, 1.82) is 0 Å². The Balaban J connectivity index is 1.74. The van der Waals surface area contributed by atoms with Gasteiger partial charge < -0.3 is 5.32 Å². The summed E-state index contributed by atoms with van der Waals surface area (Å²) in [5.41, 5.74) is 6.99. The Hall–Kier alpha value is -1.63. The van der Waals surface area contributed by atoms with Gasteiger partial charge in [-0.3, -0.25) is 15.6 Å². The molecule has 0 unspecified atom stereocenters. The fourth-order valence-corrected chi connectivity index (χ4v) is 3.11. The van der Waals surface area contributed by atoms with E-state index in [4.69, 9.17) is 23.8 Å². The smallest absolute Gasteiger partial charge is 0.270 e. The first-order chi connectivity index (χ1) is 11.1. The van der Waals surface area contributed by atoms with Gasteiger partial charge in [-0.1, -0.05) is 37.1 Å². The number of carbonyl (C=O) groups is 1. The summed E-state index contributed by atoms with van der Waals surface area (Å²) in [6, 6.07) is 9.38. The van der Waals surface area contributed by atoms with Crippen LogP contribution < -0.4 is 16.2 Å². The van der Waals surface area contributed by atoms with Gasteiger partial charge in [-0.2, -0.15) is 0 Å². The summed E-state index contributed by atoms with van der Waals surface area (Å²) >= 11 is 12.6. The summed E-state index contributed by atoms with van der Waals surface area (Å²) in [6.45, 7) is 2.67. The van der Waals surface area contributed by atoms with Crippen molar-refractivity contribution in [2.24, 2.45) is 0 Å². The van der Waals surface area contributed by atoms with Gasteiger partial charge in [-0.05, 0) is 42.4 Å². The monoisotopic (exact) mass is 367 g/mol. The topological polar surface area (TPSA) is 53.2 Å². The standard InChI is InChI=1S/C16H18ClN3OS2/c1-2-3-14-8-12(10-23-14)15(21)19-20-16(22)18-9-11-4-6-13(17)7-5-11/h4-8,10H,2-3,9H2,1H3,(H,19,21)(H2,18,20,22). The number of rotatable bonds is 5. The van der Waals surface area contributed by atoms with Crippen molar-refractivity contribution in [3.8, 4) is 0 Å². The van der Waals surface area contributed by atoms with Gasteiger partial charge in [0.2, 0.25) is 0 Å². The molecule has 0 radical (unpaired) electrons. The van der Waals surface area contributed by atoms with E-state index in [2.05, 4.69) is 23.1 Å². The van der Waals surface area contributed by atoms with Crippen LogP contribution in [-0.2, 0) is 13.0 Å². The molecule has 0 aliphatic rings. The maximum atomic E-state index is 12.0. The quantitative estimate of drug-likeness (QED) is 0.557. The molecule has 1 aromatic heterocycles. The van der Waals surface area contributed by atoms with Crippen LogP contribution in [0.15, 0.2) is 35.7 Å². The van der Waals surface area contributed by atoms with Gasteiger partial charge >= 0.3 is 0 Å². The Morgan fingerprint density at radius 1 is 1.26 bits per heavy atom. The zero-order chi connectivity index (χ0) is 16.7. The van der Waals surface area contributed by atoms with Crippen molar-refractivity contribution in [3.05, 3.63) is 56.7 Å². The SMILES string of the molecule is CCCc1cc(C(=O)NNC(=S)NCc2ccc(Cl)cc2)cs1. The molecule has 0 saturated heterocycles. The molecule has 0 atom stereocenters. The Morgan fingerprint density at radius 3 is 2.70 bits per heavy atom. The molecule has 0 spiro atoms. The fraction of sp³-hybridized carbons (Fsp3) is 0.250. The Morgan fingerprint density at radius 2 is 2.00 bits per heavy atom. The van der Waals surface area contributed by atoms with Gasteiger partial charge in [0.25, 0.3) is 5.91 Å². The molecule has 1 aromatic carbocycles. The predicted molar refractivity (Wildman–Crippen MR) is 99.8 cm³/mol. The number of benzene rings is 1. The molecule has 0 aliphatic heterocycles. The summed E-state index contributed by atoms with van der Waals surface area (Å²) in [7, 11) is 0. The van der Waals surface area contributed by atoms with Crippen molar-refractivity contribution in [3.63, 3.8) is 0 Å². The third-order valence-corrected chi connectivity index (χ3v) is 4.56. The van der Waals surface area contributed by atoms with Crippen molar-refractivity contribution in [1.82, 2.24) is 16.2 Å². The van der Waals surface area contributed by atoms with Crippen molar-refractivity contribution >= 4 is 46.2 Å². The number of nitrogens with one attached hydrogen (secondary N) is 3. The number of thiocarbonyl (C=S) groups is 1. The van der Waals surface area contributed by atoms with E-state index >= 15 is 0 Å². The molecule has 23 heavy (non-hydrogen) atoms. The van der Waals surface area contributed by atoms with E-state index in [1.165, 1.54) is 4.88 Å². The second-order valence-corrected chi connectivity index (χ2v) is 6.78. The van der Waals surface area contributed by atoms with Crippen molar-refractivity contribution < 1.29 is 4.79 Å². The van der Waals surface area contributed by atoms with E-state index in [9.17, 15) is 4.79 Å². The highest BCUT2D eigenvalue weighted by atomic mass is 35.5. The van der Waals surface area contributed by atoms with Crippen LogP contribution in [0, 0.1) is 0 Å². The second kappa shape index (κ2) is 8.86. The third-order valence-electron chi connectivity index (χ3n) is 3.07. The van der Waals surface area contributed by atoms with Gasteiger partial charge in [-0.25, -0.2) is 0 Å². The molecule has 1 amide bonds. The largest absolute Gasteiger partial charge is 0.357 e. The average molecular weight is 368 g/mol. The van der Waals surface area contributed by atoms with Gasteiger partial charge in [0.1, 0.15) is 0 Å². The van der Waals surface area contributed by atoms with Crippen LogP contribution in [-0.4, -0.2) is 11.0 Å². The van der Waals surface area contributed by atoms with Gasteiger partial charge in [-0.15, -0.1) is 11.3 Å². The van der Waals surface area contributed by atoms with E-state index in [1.54, 1.807) is 11.3 Å². The van der Waals surface area contributed by atoms with E-state index in [0.717, 1.165) is 18.4 Å². The summed E-state index contributed by atoms with van der Waals surface area (Å²) in [5, 5.41) is 5.92. The first kappa shape index (κ1) is 17.7. The molecular weight excluding hydrogens is 350 g/mol. The number of amides is 1. The predicted octanol–water partition coefficient (Wildman–Crippen LogP) is 3.66. The maximum Gasteiger partial charge on any atom is 0.270 e. The van der Waals surface area contributed by atoms with E-state index < -0.39 is 0 Å². The normalized spacial score (nSPS) is 10.2. The van der Waals surface area contributed by atoms with Crippen LogP contribution >= 0.6 is 35.2 Å². The maximum absolute atomic E-state index is 12.0. The number of hydrazine groups is 1. The summed E-state index contributed by atoms with van der Waals surface area (Å²) < 4.78 is 0. The fourth-order valence-electron chi connectivity index (χ4n) is 1.89. The number of aryl methyl sites for hydroxylation is 1. The van der Waals surface area contributed by atoms with Crippen LogP contribution in [0.4, 0.5) is 0 Å². The average Bonchev–Trinajstić information content (AvgIpc) is 3.01.